The fourth-order valence-corrected chi connectivity index (χ4v) is 1.24. The van der Waals surface area contributed by atoms with Crippen LogP contribution in [0.2, 0.25) is 0 Å². The van der Waals surface area contributed by atoms with Crippen LogP contribution in [-0.2, 0) is 4.74 Å². The van der Waals surface area contributed by atoms with Crippen molar-refractivity contribution in [3.63, 3.8) is 0 Å². The first kappa shape index (κ1) is 11.8. The zero-order valence-corrected chi connectivity index (χ0v) is 9.16. The Morgan fingerprint density at radius 3 is 2.87 bits per heavy atom. The molecule has 1 unspecified atom stereocenters. The van der Waals surface area contributed by atoms with E-state index in [1.54, 1.807) is 7.11 Å². The average molecular weight is 210 g/mol. The molecule has 0 fully saturated rings. The van der Waals surface area contributed by atoms with Gasteiger partial charge < -0.3 is 20.9 Å². The van der Waals surface area contributed by atoms with Crippen LogP contribution >= 0.6 is 0 Å². The average Bonchev–Trinajstić information content (AvgIpc) is 2.20. The van der Waals surface area contributed by atoms with Gasteiger partial charge in [-0.25, -0.2) is 0 Å². The quantitative estimate of drug-likeness (QED) is 0.634. The summed E-state index contributed by atoms with van der Waals surface area (Å²) in [6, 6.07) is 5.74. The first-order valence-electron chi connectivity index (χ1n) is 4.90. The number of hydrogen-bond donors (Lipinski definition) is 3. The van der Waals surface area contributed by atoms with Crippen LogP contribution in [0.5, 0.6) is 0 Å². The van der Waals surface area contributed by atoms with Crippen LogP contribution in [0.3, 0.4) is 0 Å². The zero-order valence-electron chi connectivity index (χ0n) is 9.16. The Kier molecular flexibility index (Phi) is 4.39. The van der Waals surface area contributed by atoms with Crippen molar-refractivity contribution in [2.75, 3.05) is 31.3 Å². The smallest absolute Gasteiger partial charge is 0.0945 e. The molecule has 0 radical (unpaired) electrons. The number of nitrogens with one attached hydrogen (secondary N) is 1. The molecule has 0 aromatic heterocycles. The topological polar surface area (TPSA) is 67.5 Å². The van der Waals surface area contributed by atoms with Crippen molar-refractivity contribution in [3.05, 3.63) is 23.8 Å². The molecule has 4 N–H and O–H groups in total. The standard InChI is InChI=1S/C11H18N2O2/c1-8-3-4-9(5-11(8)12)13-6-10(14)7-15-2/h3-5,10,13-14H,6-7,12H2,1-2H3. The summed E-state index contributed by atoms with van der Waals surface area (Å²) in [7, 11) is 1.56. The van der Waals surface area contributed by atoms with E-state index in [0.717, 1.165) is 16.9 Å². The summed E-state index contributed by atoms with van der Waals surface area (Å²) < 4.78 is 4.82. The van der Waals surface area contributed by atoms with Crippen molar-refractivity contribution < 1.29 is 9.84 Å². The third-order valence-corrected chi connectivity index (χ3v) is 2.18. The Morgan fingerprint density at radius 1 is 1.53 bits per heavy atom. The number of benzene rings is 1. The monoisotopic (exact) mass is 210 g/mol. The fourth-order valence-electron chi connectivity index (χ4n) is 1.24. The van der Waals surface area contributed by atoms with Crippen molar-refractivity contribution in [2.24, 2.45) is 0 Å². The van der Waals surface area contributed by atoms with Crippen molar-refractivity contribution >= 4 is 11.4 Å². The van der Waals surface area contributed by atoms with Crippen LogP contribution in [0.4, 0.5) is 11.4 Å². The molecule has 4 nitrogen and oxygen atoms in total. The molecule has 0 bridgehead atoms. The summed E-state index contributed by atoms with van der Waals surface area (Å²) in [6.45, 7) is 2.74. The first-order valence-corrected chi connectivity index (χ1v) is 4.90. The second-order valence-electron chi connectivity index (χ2n) is 3.56. The summed E-state index contributed by atoms with van der Waals surface area (Å²) in [5.41, 5.74) is 8.47. The number of anilines is 2. The second-order valence-corrected chi connectivity index (χ2v) is 3.56. The lowest BCUT2D eigenvalue weighted by Gasteiger charge is -2.12. The number of nitrogen functional groups attached to an aromatic ring is 1. The van der Waals surface area contributed by atoms with Gasteiger partial charge in [-0.05, 0) is 24.6 Å². The van der Waals surface area contributed by atoms with Gasteiger partial charge >= 0.3 is 0 Å². The highest BCUT2D eigenvalue weighted by Crippen LogP contribution is 2.16. The van der Waals surface area contributed by atoms with Crippen LogP contribution < -0.4 is 11.1 Å². The van der Waals surface area contributed by atoms with Gasteiger partial charge in [0.15, 0.2) is 0 Å². The number of aryl methyl sites for hydroxylation is 1. The van der Waals surface area contributed by atoms with Crippen LogP contribution in [0, 0.1) is 6.92 Å². The van der Waals surface area contributed by atoms with Gasteiger partial charge in [0.2, 0.25) is 0 Å². The third kappa shape index (κ3) is 3.77. The molecule has 1 aromatic carbocycles. The number of ether oxygens (including phenoxy) is 1. The molecule has 0 aliphatic carbocycles. The lowest BCUT2D eigenvalue weighted by atomic mass is 10.2. The molecule has 0 amide bonds. The summed E-state index contributed by atoms with van der Waals surface area (Å²) in [4.78, 5) is 0. The second kappa shape index (κ2) is 5.58. The Labute approximate surface area is 90.1 Å². The maximum atomic E-state index is 9.42. The molecule has 1 rings (SSSR count). The van der Waals surface area contributed by atoms with E-state index in [4.69, 9.17) is 10.5 Å². The van der Waals surface area contributed by atoms with Crippen molar-refractivity contribution in [3.8, 4) is 0 Å². The molecular formula is C11H18N2O2. The Hall–Kier alpha value is -1.26. The molecule has 0 aliphatic heterocycles. The highest BCUT2D eigenvalue weighted by Gasteiger charge is 2.03. The zero-order chi connectivity index (χ0) is 11.3. The normalized spacial score (nSPS) is 12.5. The highest BCUT2D eigenvalue weighted by atomic mass is 16.5. The van der Waals surface area contributed by atoms with E-state index in [-0.39, 0.29) is 0 Å². The summed E-state index contributed by atoms with van der Waals surface area (Å²) in [5.74, 6) is 0. The Bertz CT molecular complexity index is 315. The molecule has 1 aromatic rings. The molecular weight excluding hydrogens is 192 g/mol. The van der Waals surface area contributed by atoms with E-state index < -0.39 is 6.10 Å². The van der Waals surface area contributed by atoms with E-state index in [1.165, 1.54) is 0 Å². The van der Waals surface area contributed by atoms with Crippen LogP contribution in [-0.4, -0.2) is 31.5 Å². The van der Waals surface area contributed by atoms with Gasteiger partial charge in [-0.1, -0.05) is 6.07 Å². The van der Waals surface area contributed by atoms with E-state index in [9.17, 15) is 5.11 Å². The van der Waals surface area contributed by atoms with Crippen molar-refractivity contribution in [1.82, 2.24) is 0 Å². The maximum absolute atomic E-state index is 9.42. The van der Waals surface area contributed by atoms with Crippen LogP contribution in [0.25, 0.3) is 0 Å². The minimum Gasteiger partial charge on any atom is -0.398 e. The van der Waals surface area contributed by atoms with E-state index in [0.29, 0.717) is 13.2 Å². The Balaban J connectivity index is 2.47. The van der Waals surface area contributed by atoms with Crippen LogP contribution in [0.1, 0.15) is 5.56 Å². The molecule has 84 valence electrons. The van der Waals surface area contributed by atoms with E-state index in [1.807, 2.05) is 25.1 Å². The summed E-state index contributed by atoms with van der Waals surface area (Å²) in [5, 5.41) is 12.5. The largest absolute Gasteiger partial charge is 0.398 e. The van der Waals surface area contributed by atoms with Gasteiger partial charge in [-0.3, -0.25) is 0 Å². The predicted octanol–water partition coefficient (Wildman–Crippen LogP) is 0.996. The SMILES string of the molecule is COCC(O)CNc1ccc(C)c(N)c1. The molecule has 0 saturated heterocycles. The number of aliphatic hydroxyl groups is 1. The lowest BCUT2D eigenvalue weighted by Crippen LogP contribution is -2.24. The minimum absolute atomic E-state index is 0.328. The van der Waals surface area contributed by atoms with Gasteiger partial charge in [-0.2, -0.15) is 0 Å². The van der Waals surface area contributed by atoms with Crippen molar-refractivity contribution in [2.45, 2.75) is 13.0 Å². The Morgan fingerprint density at radius 2 is 2.27 bits per heavy atom. The van der Waals surface area contributed by atoms with Gasteiger partial charge in [0.25, 0.3) is 0 Å². The maximum Gasteiger partial charge on any atom is 0.0945 e. The fraction of sp³-hybridized carbons (Fsp3) is 0.455. The van der Waals surface area contributed by atoms with Crippen molar-refractivity contribution in [1.29, 1.82) is 0 Å². The number of aliphatic hydroxyl groups excluding tert-OH is 1. The van der Waals surface area contributed by atoms with Gasteiger partial charge in [-0.15, -0.1) is 0 Å². The van der Waals surface area contributed by atoms with Gasteiger partial charge in [0.05, 0.1) is 12.7 Å². The van der Waals surface area contributed by atoms with E-state index in [2.05, 4.69) is 5.32 Å². The molecule has 0 heterocycles. The molecule has 1 atom stereocenters. The molecule has 0 spiro atoms. The van der Waals surface area contributed by atoms with Crippen LogP contribution in [0.15, 0.2) is 18.2 Å². The minimum atomic E-state index is -0.502. The number of nitrogens with two attached hydrogens (primary N) is 1. The molecule has 0 aliphatic rings. The highest BCUT2D eigenvalue weighted by molar-refractivity contribution is 5.58. The molecule has 15 heavy (non-hydrogen) atoms. The van der Waals surface area contributed by atoms with E-state index >= 15 is 0 Å². The molecule has 4 heteroatoms. The number of hydrogen-bond acceptors (Lipinski definition) is 4. The lowest BCUT2D eigenvalue weighted by molar-refractivity contribution is 0.0727. The number of rotatable bonds is 5. The summed E-state index contributed by atoms with van der Waals surface area (Å²) >= 11 is 0. The summed E-state index contributed by atoms with van der Waals surface area (Å²) in [6.07, 6.45) is -0.502. The first-order chi connectivity index (χ1) is 7.13. The van der Waals surface area contributed by atoms with Gasteiger partial charge in [0.1, 0.15) is 0 Å². The molecule has 0 saturated carbocycles. The predicted molar refractivity (Wildman–Crippen MR) is 62.0 cm³/mol. The third-order valence-electron chi connectivity index (χ3n) is 2.18. The van der Waals surface area contributed by atoms with Gasteiger partial charge in [0, 0.05) is 25.0 Å². The number of methoxy groups -OCH3 is 1.